The standard InChI is InChI=1S/C18H40O4Si/c1-9-17(10-2,11-3)22-23(20-15-7,21-16-8)18(12-4,13-5)19-14-6/h9-16H2,1-8H3. The van der Waals surface area contributed by atoms with E-state index in [0.717, 1.165) is 32.1 Å². The lowest BCUT2D eigenvalue weighted by Crippen LogP contribution is -2.68. The molecule has 0 saturated heterocycles. The van der Waals surface area contributed by atoms with Gasteiger partial charge in [0.2, 0.25) is 0 Å². The molecule has 0 fully saturated rings. The highest BCUT2D eigenvalue weighted by atomic mass is 28.4. The molecule has 4 nitrogen and oxygen atoms in total. The van der Waals surface area contributed by atoms with Crippen molar-refractivity contribution in [3.05, 3.63) is 0 Å². The monoisotopic (exact) mass is 348 g/mol. The summed E-state index contributed by atoms with van der Waals surface area (Å²) in [7, 11) is -3.02. The van der Waals surface area contributed by atoms with Gasteiger partial charge in [0.25, 0.3) is 0 Å². The lowest BCUT2D eigenvalue weighted by atomic mass is 9.95. The fourth-order valence-electron chi connectivity index (χ4n) is 3.34. The number of rotatable bonds is 14. The Kier molecular flexibility index (Phi) is 10.9. The Bertz CT molecular complexity index is 287. The zero-order valence-corrected chi connectivity index (χ0v) is 17.8. The highest BCUT2D eigenvalue weighted by molar-refractivity contribution is 6.64. The Balaban J connectivity index is 6.04. The van der Waals surface area contributed by atoms with Crippen LogP contribution < -0.4 is 0 Å². The van der Waals surface area contributed by atoms with Crippen LogP contribution in [-0.4, -0.2) is 39.5 Å². The summed E-state index contributed by atoms with van der Waals surface area (Å²) < 4.78 is 25.7. The maximum absolute atomic E-state index is 6.82. The molecule has 0 bridgehead atoms. The smallest absolute Gasteiger partial charge is 0.372 e. The van der Waals surface area contributed by atoms with Gasteiger partial charge in [-0.1, -0.05) is 34.6 Å². The van der Waals surface area contributed by atoms with E-state index in [1.165, 1.54) is 0 Å². The highest BCUT2D eigenvalue weighted by Crippen LogP contribution is 2.40. The molecule has 0 aliphatic rings. The van der Waals surface area contributed by atoms with Crippen molar-refractivity contribution in [2.45, 2.75) is 98.3 Å². The van der Waals surface area contributed by atoms with E-state index in [1.807, 2.05) is 20.8 Å². The first-order valence-corrected chi connectivity index (χ1v) is 11.3. The molecule has 0 unspecified atom stereocenters. The van der Waals surface area contributed by atoms with Crippen LogP contribution >= 0.6 is 0 Å². The normalized spacial score (nSPS) is 13.6. The van der Waals surface area contributed by atoms with Gasteiger partial charge in [-0.15, -0.1) is 0 Å². The fourth-order valence-corrected chi connectivity index (χ4v) is 7.20. The third-order valence-corrected chi connectivity index (χ3v) is 9.08. The first-order valence-electron chi connectivity index (χ1n) is 9.56. The predicted molar refractivity (Wildman–Crippen MR) is 98.6 cm³/mol. The Morgan fingerprint density at radius 1 is 0.609 bits per heavy atom. The van der Waals surface area contributed by atoms with E-state index in [-0.39, 0.29) is 5.60 Å². The third kappa shape index (κ3) is 5.02. The molecule has 0 aliphatic heterocycles. The van der Waals surface area contributed by atoms with Crippen LogP contribution in [0.2, 0.25) is 0 Å². The van der Waals surface area contributed by atoms with E-state index in [9.17, 15) is 0 Å². The molecule has 0 saturated carbocycles. The van der Waals surface area contributed by atoms with Gasteiger partial charge < -0.3 is 18.0 Å². The molecule has 0 amide bonds. The van der Waals surface area contributed by atoms with Crippen molar-refractivity contribution in [2.24, 2.45) is 0 Å². The van der Waals surface area contributed by atoms with Crippen LogP contribution in [0.5, 0.6) is 0 Å². The first-order chi connectivity index (χ1) is 10.9. The molecular formula is C18H40O4Si. The molecule has 23 heavy (non-hydrogen) atoms. The van der Waals surface area contributed by atoms with Crippen molar-refractivity contribution in [3.63, 3.8) is 0 Å². The average Bonchev–Trinajstić information content (AvgIpc) is 2.58. The quantitative estimate of drug-likeness (QED) is 0.408. The van der Waals surface area contributed by atoms with E-state index in [0.29, 0.717) is 19.8 Å². The van der Waals surface area contributed by atoms with Crippen molar-refractivity contribution in [1.29, 1.82) is 0 Å². The predicted octanol–water partition coefficient (Wildman–Crippen LogP) is 5.12. The molecule has 0 spiro atoms. The molecule has 0 aromatic rings. The molecule has 140 valence electrons. The first kappa shape index (κ1) is 23.1. The van der Waals surface area contributed by atoms with Crippen molar-refractivity contribution in [2.75, 3.05) is 19.8 Å². The van der Waals surface area contributed by atoms with E-state index in [1.54, 1.807) is 0 Å². The lowest BCUT2D eigenvalue weighted by Gasteiger charge is -2.48. The Morgan fingerprint density at radius 2 is 1.04 bits per heavy atom. The molecule has 0 rings (SSSR count). The van der Waals surface area contributed by atoms with E-state index < -0.39 is 14.0 Å². The molecule has 0 atom stereocenters. The van der Waals surface area contributed by atoms with Gasteiger partial charge in [0.15, 0.2) is 0 Å². The van der Waals surface area contributed by atoms with Crippen LogP contribution in [0, 0.1) is 0 Å². The van der Waals surface area contributed by atoms with Gasteiger partial charge in [0.1, 0.15) is 5.22 Å². The van der Waals surface area contributed by atoms with Crippen LogP contribution in [0.3, 0.4) is 0 Å². The minimum atomic E-state index is -3.02. The zero-order chi connectivity index (χ0) is 18.0. The van der Waals surface area contributed by atoms with Crippen LogP contribution in [0.15, 0.2) is 0 Å². The average molecular weight is 349 g/mol. The van der Waals surface area contributed by atoms with Gasteiger partial charge in [-0.05, 0) is 52.9 Å². The van der Waals surface area contributed by atoms with Gasteiger partial charge in [-0.3, -0.25) is 0 Å². The van der Waals surface area contributed by atoms with Crippen molar-refractivity contribution >= 4 is 8.80 Å². The van der Waals surface area contributed by atoms with Gasteiger partial charge in [0.05, 0.1) is 5.60 Å². The highest BCUT2D eigenvalue weighted by Gasteiger charge is 2.63. The lowest BCUT2D eigenvalue weighted by molar-refractivity contribution is -0.110. The Hall–Kier alpha value is 0.0569. The Morgan fingerprint density at radius 3 is 1.30 bits per heavy atom. The van der Waals surface area contributed by atoms with Crippen molar-refractivity contribution < 1.29 is 18.0 Å². The summed E-state index contributed by atoms with van der Waals surface area (Å²) in [4.78, 5) is 0. The topological polar surface area (TPSA) is 36.9 Å². The molecule has 0 aliphatic carbocycles. The van der Waals surface area contributed by atoms with Crippen LogP contribution in [0.25, 0.3) is 0 Å². The van der Waals surface area contributed by atoms with E-state index >= 15 is 0 Å². The van der Waals surface area contributed by atoms with Crippen molar-refractivity contribution in [3.8, 4) is 0 Å². The molecule has 0 N–H and O–H groups in total. The van der Waals surface area contributed by atoms with Crippen LogP contribution in [0.1, 0.15) is 87.5 Å². The molecule has 0 aromatic carbocycles. The largest absolute Gasteiger partial charge is 0.535 e. The molecular weight excluding hydrogens is 308 g/mol. The molecule has 5 heteroatoms. The SMILES string of the molecule is CCOC(CC)(CC)[Si](OCC)(OCC)OC(CC)(CC)CC. The van der Waals surface area contributed by atoms with Gasteiger partial charge in [-0.2, -0.15) is 0 Å². The maximum atomic E-state index is 6.82. The summed E-state index contributed by atoms with van der Waals surface area (Å²) >= 11 is 0. The molecule has 0 heterocycles. The second-order valence-corrected chi connectivity index (χ2v) is 8.71. The van der Waals surface area contributed by atoms with Crippen LogP contribution in [0.4, 0.5) is 0 Å². The summed E-state index contributed by atoms with van der Waals surface area (Å²) in [6.07, 6.45) is 4.51. The second kappa shape index (κ2) is 10.8. The van der Waals surface area contributed by atoms with Gasteiger partial charge >= 0.3 is 8.80 Å². The minimum Gasteiger partial charge on any atom is -0.372 e. The summed E-state index contributed by atoms with van der Waals surface area (Å²) in [6.45, 7) is 18.7. The van der Waals surface area contributed by atoms with E-state index in [4.69, 9.17) is 18.0 Å². The molecule has 0 aromatic heterocycles. The summed E-state index contributed by atoms with van der Waals surface area (Å²) in [5.41, 5.74) is -0.205. The maximum Gasteiger partial charge on any atom is 0.535 e. The summed E-state index contributed by atoms with van der Waals surface area (Å²) in [5, 5.41) is -0.474. The van der Waals surface area contributed by atoms with Gasteiger partial charge in [-0.25, -0.2) is 0 Å². The fraction of sp³-hybridized carbons (Fsp3) is 1.00. The zero-order valence-electron chi connectivity index (χ0n) is 16.8. The number of hydrogen-bond acceptors (Lipinski definition) is 4. The molecule has 0 radical (unpaired) electrons. The number of hydrogen-bond donors (Lipinski definition) is 0. The summed E-state index contributed by atoms with van der Waals surface area (Å²) in [6, 6.07) is 0. The Labute approximate surface area is 145 Å². The third-order valence-electron chi connectivity index (χ3n) is 5.07. The summed E-state index contributed by atoms with van der Waals surface area (Å²) in [5.74, 6) is 0. The van der Waals surface area contributed by atoms with Crippen molar-refractivity contribution in [1.82, 2.24) is 0 Å². The number of ether oxygens (including phenoxy) is 1. The second-order valence-electron chi connectivity index (χ2n) is 5.90. The van der Waals surface area contributed by atoms with Crippen LogP contribution in [-0.2, 0) is 18.0 Å². The van der Waals surface area contributed by atoms with Gasteiger partial charge in [0, 0.05) is 19.8 Å². The van der Waals surface area contributed by atoms with E-state index in [2.05, 4.69) is 34.6 Å². The minimum absolute atomic E-state index is 0.205.